The van der Waals surface area contributed by atoms with Gasteiger partial charge in [-0.25, -0.2) is 4.90 Å². The van der Waals surface area contributed by atoms with Crippen LogP contribution in [0.1, 0.15) is 49.3 Å². The number of nitrogens with zero attached hydrogens (tertiary/aromatic N) is 1. The van der Waals surface area contributed by atoms with Crippen molar-refractivity contribution < 1.29 is 55.5 Å². The Bertz CT molecular complexity index is 1590. The quantitative estimate of drug-likeness (QED) is 0.131. The summed E-state index contributed by atoms with van der Waals surface area (Å²) in [5.41, 5.74) is -1.20. The Morgan fingerprint density at radius 1 is 1.06 bits per heavy atom. The lowest BCUT2D eigenvalue weighted by atomic mass is 9.58. The third kappa shape index (κ3) is 7.11. The van der Waals surface area contributed by atoms with E-state index in [0.29, 0.717) is 58.0 Å². The lowest BCUT2D eigenvalue weighted by Gasteiger charge is -2.43. The molecule has 2 saturated heterocycles. The molecule has 0 spiro atoms. The first kappa shape index (κ1) is 35.0. The summed E-state index contributed by atoms with van der Waals surface area (Å²) < 4.78 is 93.1. The molecule has 2 aromatic carbocycles. The molecular weight excluding hydrogens is 655 g/mol. The first-order chi connectivity index (χ1) is 22.0. The molecule has 2 N–H and O–H groups in total. The van der Waals surface area contributed by atoms with Gasteiger partial charge in [-0.05, 0) is 91.0 Å². The Labute approximate surface area is 271 Å². The molecule has 2 aromatic rings. The molecule has 252 valence electrons. The number of methoxy groups -OCH3 is 1. The molecule has 15 heteroatoms. The molecule has 2 heterocycles. The van der Waals surface area contributed by atoms with Crippen molar-refractivity contribution in [1.82, 2.24) is 0 Å². The van der Waals surface area contributed by atoms with Crippen molar-refractivity contribution in [2.75, 3.05) is 18.6 Å². The van der Waals surface area contributed by atoms with Gasteiger partial charge in [-0.3, -0.25) is 9.59 Å². The number of benzene rings is 2. The number of imide groups is 1. The molecule has 2 amide bonds. The van der Waals surface area contributed by atoms with E-state index in [9.17, 15) is 46.1 Å². The number of phenolic OH excluding ortho intramolecular Hbond substituents is 1. The smallest absolute Gasteiger partial charge is 0.455 e. The number of rotatable bonds is 8. The molecule has 0 bridgehead atoms. The lowest BCUT2D eigenvalue weighted by molar-refractivity contribution is -0.143. The van der Waals surface area contributed by atoms with Gasteiger partial charge in [0.2, 0.25) is 11.8 Å². The number of anilines is 1. The maximum absolute atomic E-state index is 13.9. The molecular formula is C32H31BClF6NO6. The maximum atomic E-state index is 13.9. The summed E-state index contributed by atoms with van der Waals surface area (Å²) in [6, 6.07) is 5.26. The van der Waals surface area contributed by atoms with Gasteiger partial charge < -0.3 is 19.5 Å². The zero-order chi connectivity index (χ0) is 34.4. The second-order valence-electron chi connectivity index (χ2n) is 11.9. The van der Waals surface area contributed by atoms with Crippen LogP contribution < -0.4 is 4.90 Å². The molecule has 7 nitrogen and oxygen atoms in total. The fraction of sp³-hybridized carbons (Fsp3) is 0.438. The van der Waals surface area contributed by atoms with E-state index in [4.69, 9.17) is 21.0 Å². The van der Waals surface area contributed by atoms with Crippen LogP contribution in [-0.2, 0) is 31.3 Å². The minimum atomic E-state index is -5.17. The Hall–Kier alpha value is -3.33. The molecule has 2 aliphatic heterocycles. The average Bonchev–Trinajstić information content (AvgIpc) is 3.24. The van der Waals surface area contributed by atoms with E-state index in [2.05, 4.69) is 0 Å². The van der Waals surface area contributed by atoms with Crippen LogP contribution in [0.25, 0.3) is 6.08 Å². The van der Waals surface area contributed by atoms with Gasteiger partial charge in [0.05, 0.1) is 46.4 Å². The van der Waals surface area contributed by atoms with Crippen LogP contribution >= 0.6 is 11.6 Å². The molecule has 4 atom stereocenters. The number of alkyl halides is 6. The number of halogens is 7. The van der Waals surface area contributed by atoms with Crippen molar-refractivity contribution >= 4 is 42.3 Å². The van der Waals surface area contributed by atoms with Crippen molar-refractivity contribution in [1.29, 1.82) is 0 Å². The highest BCUT2D eigenvalue weighted by Gasteiger charge is 2.58. The maximum Gasteiger partial charge on any atom is 0.455 e. The van der Waals surface area contributed by atoms with Gasteiger partial charge in [0.1, 0.15) is 5.75 Å². The highest BCUT2D eigenvalue weighted by molar-refractivity contribution is 6.43. The van der Waals surface area contributed by atoms with Crippen molar-refractivity contribution in [2.45, 2.75) is 57.4 Å². The fourth-order valence-electron chi connectivity index (χ4n) is 6.91. The largest absolute Gasteiger partial charge is 0.508 e. The van der Waals surface area contributed by atoms with E-state index in [0.717, 1.165) is 5.57 Å². The predicted octanol–water partition coefficient (Wildman–Crippen LogP) is 7.30. The van der Waals surface area contributed by atoms with Gasteiger partial charge in [-0.1, -0.05) is 30.2 Å². The number of carbonyl (C=O) groups excluding carboxylic acids is 2. The minimum absolute atomic E-state index is 0.0152. The minimum Gasteiger partial charge on any atom is -0.508 e. The number of ether oxygens (including phenoxy) is 1. The summed E-state index contributed by atoms with van der Waals surface area (Å²) in [6.07, 6.45) is -7.88. The highest BCUT2D eigenvalue weighted by atomic mass is 35.5. The van der Waals surface area contributed by atoms with Crippen LogP contribution in [0, 0.1) is 17.8 Å². The standard InChI is InChI=1S/C32H31BClF6NO6/c1-3-16(8-17-5-6-22(42)13-25(17)34)4-7-26-27-18(15-46-2)9-23-28(24(27)14-33(45)47-26)30(44)41(29(23)43)21-11-19(31(35,36)37)10-20(12-21)32(38,39)40/h5-6,8,10-13,23-24,26,28,42,45H,3-4,7,9,14-15H2,1-2H3/b16-8+/t23-,24+,26-,28-/m1/s1. The Morgan fingerprint density at radius 3 is 2.30 bits per heavy atom. The van der Waals surface area contributed by atoms with Crippen molar-refractivity contribution in [2.24, 2.45) is 17.8 Å². The molecule has 47 heavy (non-hydrogen) atoms. The summed E-state index contributed by atoms with van der Waals surface area (Å²) in [4.78, 5) is 28.0. The first-order valence-electron chi connectivity index (χ1n) is 14.9. The zero-order valence-electron chi connectivity index (χ0n) is 25.3. The van der Waals surface area contributed by atoms with Crippen molar-refractivity contribution in [3.05, 3.63) is 74.8 Å². The van der Waals surface area contributed by atoms with E-state index in [-0.39, 0.29) is 31.2 Å². The zero-order valence-corrected chi connectivity index (χ0v) is 26.0. The van der Waals surface area contributed by atoms with Gasteiger partial charge >= 0.3 is 19.5 Å². The number of phenols is 1. The number of amides is 2. The van der Waals surface area contributed by atoms with Crippen LogP contribution in [0.2, 0.25) is 11.3 Å². The molecule has 0 unspecified atom stereocenters. The number of fused-ring (bicyclic) bond motifs is 3. The number of allylic oxidation sites excluding steroid dienone is 1. The van der Waals surface area contributed by atoms with Crippen LogP contribution in [0.5, 0.6) is 5.75 Å². The first-order valence-corrected chi connectivity index (χ1v) is 15.3. The third-order valence-corrected chi connectivity index (χ3v) is 9.31. The Balaban J connectivity index is 1.49. The Kier molecular flexibility index (Phi) is 9.90. The second-order valence-corrected chi connectivity index (χ2v) is 12.3. The number of hydrogen-bond acceptors (Lipinski definition) is 6. The molecule has 1 aliphatic carbocycles. The SMILES string of the molecule is CC/C(=C\c1ccc(O)cc1Cl)CC[C@H]1OB(O)C[C@H]2C1=C(COC)C[C@H]1C(=O)N(c3cc(C(F)(F)F)cc(C(F)(F)F)c3)C(=O)[C@H]12. The molecule has 3 aliphatic rings. The summed E-state index contributed by atoms with van der Waals surface area (Å²) in [7, 11) is 0.0794. The second kappa shape index (κ2) is 13.3. The van der Waals surface area contributed by atoms with E-state index in [1.807, 2.05) is 13.0 Å². The van der Waals surface area contributed by atoms with E-state index in [1.165, 1.54) is 19.2 Å². The van der Waals surface area contributed by atoms with Crippen LogP contribution in [0.3, 0.4) is 0 Å². The van der Waals surface area contributed by atoms with Gasteiger partial charge in [-0.15, -0.1) is 0 Å². The number of carbonyl (C=O) groups is 2. The lowest BCUT2D eigenvalue weighted by Crippen LogP contribution is -2.46. The molecule has 0 aromatic heterocycles. The summed E-state index contributed by atoms with van der Waals surface area (Å²) >= 11 is 6.28. The normalized spacial score (nSPS) is 23.8. The molecule has 2 fully saturated rings. The summed E-state index contributed by atoms with van der Waals surface area (Å²) in [5, 5.41) is 20.8. The van der Waals surface area contributed by atoms with Gasteiger partial charge in [0, 0.05) is 7.11 Å². The van der Waals surface area contributed by atoms with Crippen LogP contribution in [-0.4, -0.2) is 48.9 Å². The fourth-order valence-corrected chi connectivity index (χ4v) is 7.14. The van der Waals surface area contributed by atoms with E-state index < -0.39 is 72.0 Å². The number of aromatic hydroxyl groups is 1. The van der Waals surface area contributed by atoms with Gasteiger partial charge in [0.25, 0.3) is 0 Å². The van der Waals surface area contributed by atoms with E-state index >= 15 is 0 Å². The Morgan fingerprint density at radius 2 is 1.72 bits per heavy atom. The van der Waals surface area contributed by atoms with E-state index in [1.54, 1.807) is 6.07 Å². The van der Waals surface area contributed by atoms with Crippen LogP contribution in [0.4, 0.5) is 32.0 Å². The number of hydrogen-bond donors (Lipinski definition) is 2. The van der Waals surface area contributed by atoms with Gasteiger partial charge in [0.15, 0.2) is 0 Å². The van der Waals surface area contributed by atoms with Gasteiger partial charge in [-0.2, -0.15) is 26.3 Å². The summed E-state index contributed by atoms with van der Waals surface area (Å²) in [5.74, 6) is -4.84. The summed E-state index contributed by atoms with van der Waals surface area (Å²) in [6.45, 7) is 1.98. The third-order valence-electron chi connectivity index (χ3n) is 8.98. The average molecular weight is 686 g/mol. The monoisotopic (exact) mass is 685 g/mol. The topological polar surface area (TPSA) is 96.3 Å². The van der Waals surface area contributed by atoms with Crippen molar-refractivity contribution in [3.63, 3.8) is 0 Å². The molecule has 0 saturated carbocycles. The molecule has 0 radical (unpaired) electrons. The molecule has 5 rings (SSSR count). The highest BCUT2D eigenvalue weighted by Crippen LogP contribution is 2.52. The predicted molar refractivity (Wildman–Crippen MR) is 161 cm³/mol. The van der Waals surface area contributed by atoms with Crippen LogP contribution in [0.15, 0.2) is 53.1 Å². The van der Waals surface area contributed by atoms with Crippen molar-refractivity contribution in [3.8, 4) is 5.75 Å².